The quantitative estimate of drug-likeness (QED) is 0.381. The molecule has 1 saturated heterocycles. The molecule has 7 nitrogen and oxygen atoms in total. The molecule has 0 saturated carbocycles. The summed E-state index contributed by atoms with van der Waals surface area (Å²) in [5, 5.41) is 9.00. The first-order chi connectivity index (χ1) is 17.5. The summed E-state index contributed by atoms with van der Waals surface area (Å²) in [6.07, 6.45) is 7.08. The Bertz CT molecular complexity index is 1360. The Morgan fingerprint density at radius 1 is 1.11 bits per heavy atom. The number of likely N-dealkylation sites (tertiary alicyclic amines) is 1. The first-order valence-corrected chi connectivity index (χ1v) is 12.6. The van der Waals surface area contributed by atoms with Gasteiger partial charge in [-0.15, -0.1) is 0 Å². The molecule has 7 heteroatoms. The van der Waals surface area contributed by atoms with Crippen molar-refractivity contribution in [1.29, 1.82) is 0 Å². The SMILES string of the molecule is COc1c(C(=O)Nc2ccc3c(C)nn(CCC4CCN(C)CC4)c3c2)cccc1-c1ccncc1. The molecule has 1 aliphatic heterocycles. The fourth-order valence-corrected chi connectivity index (χ4v) is 5.14. The van der Waals surface area contributed by atoms with Crippen LogP contribution >= 0.6 is 0 Å². The summed E-state index contributed by atoms with van der Waals surface area (Å²) in [6.45, 7) is 5.27. The standard InChI is InChI=1S/C29H33N5O2/c1-20-24-8-7-23(19-27(24)34(32-20)18-13-21-11-16-33(2)17-12-21)31-29(35)26-6-4-5-25(28(26)36-3)22-9-14-30-15-10-22/h4-10,14-15,19,21H,11-13,16-18H2,1-3H3,(H,31,35). The van der Waals surface area contributed by atoms with E-state index in [9.17, 15) is 4.79 Å². The molecule has 1 fully saturated rings. The second kappa shape index (κ2) is 10.5. The first kappa shape index (κ1) is 24.0. The van der Waals surface area contributed by atoms with Gasteiger partial charge in [0.25, 0.3) is 5.91 Å². The molecule has 0 bridgehead atoms. The van der Waals surface area contributed by atoms with Crippen molar-refractivity contribution in [2.45, 2.75) is 32.7 Å². The Balaban J connectivity index is 1.37. The van der Waals surface area contributed by atoms with Crippen LogP contribution in [-0.2, 0) is 6.54 Å². The molecule has 0 radical (unpaired) electrons. The van der Waals surface area contributed by atoms with Gasteiger partial charge in [0.1, 0.15) is 5.75 Å². The second-order valence-electron chi connectivity index (χ2n) is 9.65. The number of piperidine rings is 1. The number of hydrogen-bond donors (Lipinski definition) is 1. The van der Waals surface area contributed by atoms with Gasteiger partial charge in [-0.1, -0.05) is 12.1 Å². The maximum Gasteiger partial charge on any atom is 0.259 e. The van der Waals surface area contributed by atoms with E-state index < -0.39 is 0 Å². The Labute approximate surface area is 212 Å². The number of hydrogen-bond acceptors (Lipinski definition) is 5. The van der Waals surface area contributed by atoms with Crippen LogP contribution in [0.2, 0.25) is 0 Å². The van der Waals surface area contributed by atoms with Gasteiger partial charge in [-0.25, -0.2) is 0 Å². The van der Waals surface area contributed by atoms with Crippen molar-refractivity contribution in [3.8, 4) is 16.9 Å². The fourth-order valence-electron chi connectivity index (χ4n) is 5.14. The second-order valence-corrected chi connectivity index (χ2v) is 9.65. The molecule has 1 N–H and O–H groups in total. The van der Waals surface area contributed by atoms with E-state index in [0.29, 0.717) is 11.3 Å². The van der Waals surface area contributed by atoms with Gasteiger partial charge in [0, 0.05) is 35.6 Å². The molecule has 2 aromatic heterocycles. The number of fused-ring (bicyclic) bond motifs is 1. The number of benzene rings is 2. The number of carbonyl (C=O) groups excluding carboxylic acids is 1. The summed E-state index contributed by atoms with van der Waals surface area (Å²) in [5.41, 5.74) is 5.09. The van der Waals surface area contributed by atoms with E-state index in [1.807, 2.05) is 49.4 Å². The molecule has 1 amide bonds. The molecule has 0 atom stereocenters. The molecule has 0 unspecified atom stereocenters. The average molecular weight is 484 g/mol. The van der Waals surface area contributed by atoms with E-state index in [1.165, 1.54) is 25.9 Å². The minimum Gasteiger partial charge on any atom is -0.495 e. The minimum absolute atomic E-state index is 0.212. The lowest BCUT2D eigenvalue weighted by atomic mass is 9.94. The van der Waals surface area contributed by atoms with Crippen LogP contribution in [0.4, 0.5) is 5.69 Å². The van der Waals surface area contributed by atoms with Crippen LogP contribution in [0, 0.1) is 12.8 Å². The fraction of sp³-hybridized carbons (Fsp3) is 0.345. The number of pyridine rings is 1. The first-order valence-electron chi connectivity index (χ1n) is 12.6. The van der Waals surface area contributed by atoms with Gasteiger partial charge in [0.2, 0.25) is 0 Å². The number of aryl methyl sites for hydroxylation is 2. The number of rotatable bonds is 7. The maximum absolute atomic E-state index is 13.3. The molecule has 3 heterocycles. The van der Waals surface area contributed by atoms with Gasteiger partial charge >= 0.3 is 0 Å². The number of methoxy groups -OCH3 is 1. The predicted octanol–water partition coefficient (Wildman–Crippen LogP) is 5.40. The Hall–Kier alpha value is -3.71. The van der Waals surface area contributed by atoms with E-state index in [2.05, 4.69) is 26.9 Å². The van der Waals surface area contributed by atoms with E-state index in [0.717, 1.165) is 52.3 Å². The van der Waals surface area contributed by atoms with Gasteiger partial charge in [-0.2, -0.15) is 5.10 Å². The zero-order valence-corrected chi connectivity index (χ0v) is 21.2. The smallest absolute Gasteiger partial charge is 0.259 e. The molecule has 36 heavy (non-hydrogen) atoms. The number of aromatic nitrogens is 3. The van der Waals surface area contributed by atoms with Crippen LogP contribution < -0.4 is 10.1 Å². The van der Waals surface area contributed by atoms with Gasteiger partial charge in [0.15, 0.2) is 0 Å². The average Bonchev–Trinajstić information content (AvgIpc) is 3.22. The molecular weight excluding hydrogens is 450 g/mol. The van der Waals surface area contributed by atoms with Gasteiger partial charge in [0.05, 0.1) is 23.9 Å². The molecule has 0 aliphatic carbocycles. The van der Waals surface area contributed by atoms with Crippen molar-refractivity contribution in [2.75, 3.05) is 32.6 Å². The highest BCUT2D eigenvalue weighted by Gasteiger charge is 2.19. The summed E-state index contributed by atoms with van der Waals surface area (Å²) in [4.78, 5) is 19.8. The zero-order chi connectivity index (χ0) is 25.1. The molecule has 4 aromatic rings. The van der Waals surface area contributed by atoms with E-state index in [4.69, 9.17) is 9.84 Å². The monoisotopic (exact) mass is 483 g/mol. The van der Waals surface area contributed by atoms with Crippen LogP contribution in [0.3, 0.4) is 0 Å². The summed E-state index contributed by atoms with van der Waals surface area (Å²) in [5.74, 6) is 1.07. The molecule has 186 valence electrons. The lowest BCUT2D eigenvalue weighted by Gasteiger charge is -2.28. The number of nitrogens with zero attached hydrogens (tertiary/aromatic N) is 4. The van der Waals surface area contributed by atoms with Gasteiger partial charge in [-0.3, -0.25) is 14.5 Å². The number of carbonyl (C=O) groups is 1. The number of anilines is 1. The van der Waals surface area contributed by atoms with E-state index in [-0.39, 0.29) is 5.91 Å². The van der Waals surface area contributed by atoms with Crippen LogP contribution in [0.5, 0.6) is 5.75 Å². The number of nitrogens with one attached hydrogen (secondary N) is 1. The highest BCUT2D eigenvalue weighted by molar-refractivity contribution is 6.08. The zero-order valence-electron chi connectivity index (χ0n) is 21.2. The molecular formula is C29H33N5O2. The Morgan fingerprint density at radius 2 is 1.89 bits per heavy atom. The summed E-state index contributed by atoms with van der Waals surface area (Å²) < 4.78 is 7.78. The summed E-state index contributed by atoms with van der Waals surface area (Å²) in [7, 11) is 3.79. The van der Waals surface area contributed by atoms with Crippen molar-refractivity contribution < 1.29 is 9.53 Å². The van der Waals surface area contributed by atoms with Crippen LogP contribution in [-0.4, -0.2) is 52.8 Å². The van der Waals surface area contributed by atoms with Gasteiger partial charge < -0.3 is 15.0 Å². The third-order valence-electron chi connectivity index (χ3n) is 7.24. The topological polar surface area (TPSA) is 72.3 Å². The predicted molar refractivity (Wildman–Crippen MR) is 143 cm³/mol. The normalized spacial score (nSPS) is 14.8. The van der Waals surface area contributed by atoms with Crippen LogP contribution in [0.15, 0.2) is 60.9 Å². The third kappa shape index (κ3) is 4.97. The minimum atomic E-state index is -0.212. The Morgan fingerprint density at radius 3 is 2.64 bits per heavy atom. The van der Waals surface area contributed by atoms with Crippen molar-refractivity contribution in [1.82, 2.24) is 19.7 Å². The summed E-state index contributed by atoms with van der Waals surface area (Å²) in [6, 6.07) is 15.4. The van der Waals surface area contributed by atoms with Crippen molar-refractivity contribution in [2.24, 2.45) is 5.92 Å². The number of para-hydroxylation sites is 1. The van der Waals surface area contributed by atoms with E-state index in [1.54, 1.807) is 25.6 Å². The van der Waals surface area contributed by atoms with Crippen molar-refractivity contribution >= 4 is 22.5 Å². The van der Waals surface area contributed by atoms with Crippen molar-refractivity contribution in [3.05, 3.63) is 72.2 Å². The largest absolute Gasteiger partial charge is 0.495 e. The van der Waals surface area contributed by atoms with E-state index >= 15 is 0 Å². The lowest BCUT2D eigenvalue weighted by molar-refractivity contribution is 0.102. The maximum atomic E-state index is 13.3. The summed E-state index contributed by atoms with van der Waals surface area (Å²) >= 11 is 0. The van der Waals surface area contributed by atoms with Crippen molar-refractivity contribution in [3.63, 3.8) is 0 Å². The third-order valence-corrected chi connectivity index (χ3v) is 7.24. The highest BCUT2D eigenvalue weighted by Crippen LogP contribution is 2.33. The molecule has 2 aromatic carbocycles. The molecule has 1 aliphatic rings. The van der Waals surface area contributed by atoms with Gasteiger partial charge in [-0.05, 0) is 94.2 Å². The molecule has 0 spiro atoms. The number of ether oxygens (including phenoxy) is 1. The highest BCUT2D eigenvalue weighted by atomic mass is 16.5. The van der Waals surface area contributed by atoms with Crippen LogP contribution in [0.1, 0.15) is 35.3 Å². The Kier molecular flexibility index (Phi) is 7.00. The molecule has 5 rings (SSSR count). The van der Waals surface area contributed by atoms with Crippen LogP contribution in [0.25, 0.3) is 22.0 Å². The lowest BCUT2D eigenvalue weighted by Crippen LogP contribution is -2.30. The number of amides is 1.